The largest absolute Gasteiger partial charge is 0.338 e. The van der Waals surface area contributed by atoms with Crippen LogP contribution in [0.5, 0.6) is 0 Å². The molecule has 152 valence electrons. The van der Waals surface area contributed by atoms with Crippen molar-refractivity contribution in [3.8, 4) is 11.3 Å². The first-order valence-electron chi connectivity index (χ1n) is 10.1. The van der Waals surface area contributed by atoms with Gasteiger partial charge in [0, 0.05) is 36.5 Å². The van der Waals surface area contributed by atoms with Crippen molar-refractivity contribution in [2.24, 2.45) is 0 Å². The molecule has 30 heavy (non-hydrogen) atoms. The fourth-order valence-electron chi connectivity index (χ4n) is 4.17. The average Bonchev–Trinajstić information content (AvgIpc) is 3.41. The van der Waals surface area contributed by atoms with Gasteiger partial charge in [-0.2, -0.15) is 10.2 Å². The van der Waals surface area contributed by atoms with Crippen molar-refractivity contribution >= 4 is 23.0 Å². The summed E-state index contributed by atoms with van der Waals surface area (Å²) in [5.74, 6) is 0.401. The number of nitrogens with one attached hydrogen (secondary N) is 1. The number of hydrogen-bond acceptors (Lipinski definition) is 3. The van der Waals surface area contributed by atoms with E-state index in [9.17, 15) is 4.79 Å². The smallest absolute Gasteiger partial charge is 0.257 e. The highest BCUT2D eigenvalue weighted by Gasteiger charge is 2.27. The van der Waals surface area contributed by atoms with Crippen LogP contribution >= 0.6 is 11.6 Å². The predicted molar refractivity (Wildman–Crippen MR) is 117 cm³/mol. The molecule has 1 aromatic carbocycles. The summed E-state index contributed by atoms with van der Waals surface area (Å²) in [4.78, 5) is 15.0. The predicted octanol–water partition coefficient (Wildman–Crippen LogP) is 4.71. The summed E-state index contributed by atoms with van der Waals surface area (Å²) in [5.41, 5.74) is 5.51. The van der Waals surface area contributed by atoms with Gasteiger partial charge in [0.1, 0.15) is 0 Å². The van der Waals surface area contributed by atoms with Gasteiger partial charge >= 0.3 is 0 Å². The second-order valence-corrected chi connectivity index (χ2v) is 8.26. The molecular weight excluding hydrogens is 398 g/mol. The highest BCUT2D eigenvalue weighted by Crippen LogP contribution is 2.32. The summed E-state index contributed by atoms with van der Waals surface area (Å²) in [6.45, 7) is 3.44. The molecule has 3 aromatic heterocycles. The number of carbonyl (C=O) groups is 1. The van der Waals surface area contributed by atoms with Crippen LogP contribution in [0.3, 0.4) is 0 Å². The van der Waals surface area contributed by atoms with Gasteiger partial charge in [-0.1, -0.05) is 35.9 Å². The number of amides is 1. The van der Waals surface area contributed by atoms with Crippen molar-refractivity contribution in [2.75, 3.05) is 13.1 Å². The SMILES string of the molecule is Cc1ccc2c(C(=O)N3CCC(c4cc(-c5ccccc5Cl)n[nH]4)CC3)cnn2c1. The molecule has 6 nitrogen and oxygen atoms in total. The van der Waals surface area contributed by atoms with Gasteiger partial charge < -0.3 is 4.90 Å². The lowest BCUT2D eigenvalue weighted by molar-refractivity contribution is 0.0714. The number of likely N-dealkylation sites (tertiary alicyclic amines) is 1. The van der Waals surface area contributed by atoms with E-state index in [0.717, 1.165) is 40.9 Å². The monoisotopic (exact) mass is 419 g/mol. The number of pyridine rings is 1. The van der Waals surface area contributed by atoms with E-state index in [1.807, 2.05) is 54.4 Å². The number of nitrogens with zero attached hydrogens (tertiary/aromatic N) is 4. The molecule has 1 amide bonds. The molecule has 0 atom stereocenters. The third kappa shape index (κ3) is 3.37. The third-order valence-electron chi connectivity index (χ3n) is 5.86. The van der Waals surface area contributed by atoms with Crippen LogP contribution in [0.2, 0.25) is 5.02 Å². The van der Waals surface area contributed by atoms with Crippen LogP contribution in [-0.2, 0) is 0 Å². The average molecular weight is 420 g/mol. The Kier molecular flexibility index (Phi) is 4.79. The second kappa shape index (κ2) is 7.61. The molecule has 1 aliphatic heterocycles. The molecule has 1 fully saturated rings. The van der Waals surface area contributed by atoms with E-state index in [2.05, 4.69) is 21.4 Å². The molecule has 5 rings (SSSR count). The van der Waals surface area contributed by atoms with Gasteiger partial charge in [-0.3, -0.25) is 9.89 Å². The van der Waals surface area contributed by atoms with Gasteiger partial charge in [-0.05, 0) is 43.5 Å². The first kappa shape index (κ1) is 18.9. The van der Waals surface area contributed by atoms with Crippen LogP contribution in [0.15, 0.2) is 54.9 Å². The number of aromatic nitrogens is 4. The van der Waals surface area contributed by atoms with Crippen molar-refractivity contribution in [3.63, 3.8) is 0 Å². The molecule has 4 heterocycles. The standard InChI is InChI=1S/C23H22ClN5O/c1-15-6-7-22-18(13-25-29(22)14-15)23(30)28-10-8-16(9-11-28)20-12-21(27-26-20)17-4-2-3-5-19(17)24/h2-7,12-14,16H,8-11H2,1H3,(H,26,27). The minimum absolute atomic E-state index is 0.0497. The van der Waals surface area contributed by atoms with E-state index in [1.54, 1.807) is 10.7 Å². The molecule has 1 N–H and O–H groups in total. The molecule has 4 aromatic rings. The molecule has 1 aliphatic rings. The number of carbonyl (C=O) groups excluding carboxylic acids is 1. The maximum Gasteiger partial charge on any atom is 0.257 e. The van der Waals surface area contributed by atoms with Gasteiger partial charge in [-0.25, -0.2) is 4.52 Å². The Balaban J connectivity index is 1.28. The number of piperidine rings is 1. The summed E-state index contributed by atoms with van der Waals surface area (Å²) in [6.07, 6.45) is 5.41. The van der Waals surface area contributed by atoms with Crippen molar-refractivity contribution in [1.82, 2.24) is 24.7 Å². The number of benzene rings is 1. The molecule has 0 unspecified atom stereocenters. The van der Waals surface area contributed by atoms with Crippen LogP contribution in [-0.4, -0.2) is 43.7 Å². The quantitative estimate of drug-likeness (QED) is 0.523. The van der Waals surface area contributed by atoms with E-state index in [1.165, 1.54) is 0 Å². The van der Waals surface area contributed by atoms with Crippen molar-refractivity contribution in [2.45, 2.75) is 25.7 Å². The van der Waals surface area contributed by atoms with Crippen molar-refractivity contribution in [3.05, 3.63) is 76.7 Å². The Hall–Kier alpha value is -3.12. The number of halogens is 1. The zero-order valence-electron chi connectivity index (χ0n) is 16.7. The maximum atomic E-state index is 13.1. The lowest BCUT2D eigenvalue weighted by atomic mass is 9.93. The molecule has 0 radical (unpaired) electrons. The van der Waals surface area contributed by atoms with E-state index >= 15 is 0 Å². The molecule has 0 spiro atoms. The highest BCUT2D eigenvalue weighted by atomic mass is 35.5. The number of rotatable bonds is 3. The third-order valence-corrected chi connectivity index (χ3v) is 6.19. The maximum absolute atomic E-state index is 13.1. The Bertz CT molecular complexity index is 1220. The lowest BCUT2D eigenvalue weighted by Crippen LogP contribution is -2.38. The van der Waals surface area contributed by atoms with Crippen molar-refractivity contribution < 1.29 is 4.79 Å². The van der Waals surface area contributed by atoms with Crippen LogP contribution < -0.4 is 0 Å². The zero-order chi connectivity index (χ0) is 20.7. The topological polar surface area (TPSA) is 66.3 Å². The number of aromatic amines is 1. The van der Waals surface area contributed by atoms with Gasteiger partial charge in [0.05, 0.1) is 28.0 Å². The lowest BCUT2D eigenvalue weighted by Gasteiger charge is -2.31. The van der Waals surface area contributed by atoms with Gasteiger partial charge in [0.25, 0.3) is 5.91 Å². The van der Waals surface area contributed by atoms with Gasteiger partial charge in [-0.15, -0.1) is 0 Å². The van der Waals surface area contributed by atoms with Crippen LogP contribution in [0.4, 0.5) is 0 Å². The van der Waals surface area contributed by atoms with Gasteiger partial charge in [0.2, 0.25) is 0 Å². The summed E-state index contributed by atoms with van der Waals surface area (Å²) < 4.78 is 1.77. The van der Waals surface area contributed by atoms with E-state index < -0.39 is 0 Å². The van der Waals surface area contributed by atoms with Crippen LogP contribution in [0.1, 0.15) is 40.4 Å². The van der Waals surface area contributed by atoms with Crippen LogP contribution in [0, 0.1) is 6.92 Å². The fraction of sp³-hybridized carbons (Fsp3) is 0.261. The van der Waals surface area contributed by atoms with Crippen molar-refractivity contribution in [1.29, 1.82) is 0 Å². The first-order chi connectivity index (χ1) is 14.6. The van der Waals surface area contributed by atoms with E-state index in [-0.39, 0.29) is 5.91 Å². The number of aryl methyl sites for hydroxylation is 1. The van der Waals surface area contributed by atoms with E-state index in [4.69, 9.17) is 11.6 Å². The molecule has 7 heteroatoms. The molecular formula is C23H22ClN5O. The second-order valence-electron chi connectivity index (χ2n) is 7.85. The first-order valence-corrected chi connectivity index (χ1v) is 10.5. The summed E-state index contributed by atoms with van der Waals surface area (Å²) in [6, 6.07) is 13.8. The normalized spacial score (nSPS) is 15.1. The Morgan fingerprint density at radius 1 is 1.17 bits per heavy atom. The summed E-state index contributed by atoms with van der Waals surface area (Å²) in [5, 5.41) is 12.7. The number of hydrogen-bond donors (Lipinski definition) is 1. The minimum Gasteiger partial charge on any atom is -0.338 e. The zero-order valence-corrected chi connectivity index (χ0v) is 17.4. The highest BCUT2D eigenvalue weighted by molar-refractivity contribution is 6.33. The summed E-state index contributed by atoms with van der Waals surface area (Å²) >= 11 is 6.30. The number of fused-ring (bicyclic) bond motifs is 1. The van der Waals surface area contributed by atoms with E-state index in [0.29, 0.717) is 29.6 Å². The summed E-state index contributed by atoms with van der Waals surface area (Å²) in [7, 11) is 0. The number of H-pyrrole nitrogens is 1. The molecule has 0 saturated carbocycles. The fourth-order valence-corrected chi connectivity index (χ4v) is 4.40. The van der Waals surface area contributed by atoms with Crippen LogP contribution in [0.25, 0.3) is 16.8 Å². The molecule has 0 bridgehead atoms. The minimum atomic E-state index is 0.0497. The Labute approximate surface area is 179 Å². The molecule has 0 aliphatic carbocycles. The Morgan fingerprint density at radius 3 is 2.77 bits per heavy atom. The van der Waals surface area contributed by atoms with Gasteiger partial charge in [0.15, 0.2) is 0 Å². The Morgan fingerprint density at radius 2 is 1.97 bits per heavy atom. The molecule has 1 saturated heterocycles.